The lowest BCUT2D eigenvalue weighted by Gasteiger charge is -2.27. The molecule has 1 saturated heterocycles. The Morgan fingerprint density at radius 2 is 1.87 bits per heavy atom. The molecule has 2 unspecified atom stereocenters. The zero-order chi connectivity index (χ0) is 22.1. The normalized spacial score (nSPS) is 16.7. The fourth-order valence-corrected chi connectivity index (χ4v) is 3.96. The summed E-state index contributed by atoms with van der Waals surface area (Å²) in [6, 6.07) is 10.3. The van der Waals surface area contributed by atoms with Crippen molar-refractivity contribution in [3.8, 4) is 11.5 Å². The smallest absolute Gasteiger partial charge is 0.191 e. The molecule has 0 saturated carbocycles. The van der Waals surface area contributed by atoms with Crippen molar-refractivity contribution in [1.82, 2.24) is 15.5 Å². The Hall–Kier alpha value is -2.67. The van der Waals surface area contributed by atoms with E-state index >= 15 is 0 Å². The molecule has 0 radical (unpaired) electrons. The van der Waals surface area contributed by atoms with E-state index in [1.807, 2.05) is 32.0 Å². The number of likely N-dealkylation sites (tertiary alicyclic amines) is 1. The summed E-state index contributed by atoms with van der Waals surface area (Å²) in [5, 5.41) is 6.98. The minimum absolute atomic E-state index is 0.0509. The van der Waals surface area contributed by atoms with Crippen molar-refractivity contribution in [1.29, 1.82) is 0 Å². The maximum absolute atomic E-state index is 5.77. The van der Waals surface area contributed by atoms with E-state index in [1.54, 1.807) is 13.3 Å². The van der Waals surface area contributed by atoms with Crippen LogP contribution in [0.5, 0.6) is 11.5 Å². The first-order valence-corrected chi connectivity index (χ1v) is 11.3. The lowest BCUT2D eigenvalue weighted by Crippen LogP contribution is -2.43. The molecule has 0 amide bonds. The molecule has 7 nitrogen and oxygen atoms in total. The number of rotatable bonds is 10. The summed E-state index contributed by atoms with van der Waals surface area (Å²) in [7, 11) is 1.80. The molecule has 2 atom stereocenters. The van der Waals surface area contributed by atoms with E-state index in [0.717, 1.165) is 48.4 Å². The number of ether oxygens (including phenoxy) is 2. The van der Waals surface area contributed by atoms with Crippen molar-refractivity contribution in [2.24, 2.45) is 4.99 Å². The molecule has 1 aliphatic heterocycles. The van der Waals surface area contributed by atoms with Crippen LogP contribution in [0.2, 0.25) is 0 Å². The molecule has 170 valence electrons. The maximum Gasteiger partial charge on any atom is 0.191 e. The van der Waals surface area contributed by atoms with Crippen molar-refractivity contribution >= 4 is 5.96 Å². The molecule has 2 aromatic rings. The van der Waals surface area contributed by atoms with Gasteiger partial charge in [0.05, 0.1) is 31.6 Å². The van der Waals surface area contributed by atoms with E-state index in [9.17, 15) is 0 Å². The summed E-state index contributed by atoms with van der Waals surface area (Å²) >= 11 is 0. The second kappa shape index (κ2) is 11.6. The van der Waals surface area contributed by atoms with Crippen molar-refractivity contribution in [3.05, 3.63) is 47.9 Å². The van der Waals surface area contributed by atoms with Crippen LogP contribution < -0.4 is 20.1 Å². The Balaban J connectivity index is 1.64. The number of hydrogen-bond acceptors (Lipinski definition) is 5. The summed E-state index contributed by atoms with van der Waals surface area (Å²) in [5.41, 5.74) is 1.11. The summed E-state index contributed by atoms with van der Waals surface area (Å²) in [6.45, 7) is 10.2. The van der Waals surface area contributed by atoms with Crippen molar-refractivity contribution in [3.63, 3.8) is 0 Å². The predicted molar refractivity (Wildman–Crippen MR) is 124 cm³/mol. The van der Waals surface area contributed by atoms with Gasteiger partial charge in [-0.1, -0.05) is 6.07 Å². The molecule has 1 aromatic carbocycles. The summed E-state index contributed by atoms with van der Waals surface area (Å²) in [5.74, 6) is 3.29. The number of aliphatic imine (C=N–C) groups is 1. The van der Waals surface area contributed by atoms with Crippen LogP contribution in [-0.4, -0.2) is 50.8 Å². The van der Waals surface area contributed by atoms with Gasteiger partial charge in [0, 0.05) is 13.6 Å². The highest BCUT2D eigenvalue weighted by Crippen LogP contribution is 2.31. The van der Waals surface area contributed by atoms with E-state index in [2.05, 4.69) is 39.6 Å². The zero-order valence-corrected chi connectivity index (χ0v) is 19.2. The Bertz CT molecular complexity index is 816. The molecule has 0 aliphatic carbocycles. The molecule has 2 heterocycles. The third kappa shape index (κ3) is 6.17. The van der Waals surface area contributed by atoms with Crippen LogP contribution in [0.4, 0.5) is 0 Å². The highest BCUT2D eigenvalue weighted by atomic mass is 16.5. The SMILES string of the molecule is CCOc1ccc(C(C)NC(=NC)NCC(c2ccco2)N2CCCC2)cc1OCC. The lowest BCUT2D eigenvalue weighted by molar-refractivity contribution is 0.215. The van der Waals surface area contributed by atoms with Gasteiger partial charge in [-0.15, -0.1) is 0 Å². The molecular formula is C24H36N4O3. The van der Waals surface area contributed by atoms with Gasteiger partial charge in [0.25, 0.3) is 0 Å². The molecule has 3 rings (SSSR count). The van der Waals surface area contributed by atoms with E-state index < -0.39 is 0 Å². The van der Waals surface area contributed by atoms with Gasteiger partial charge < -0.3 is 24.5 Å². The second-order valence-corrected chi connectivity index (χ2v) is 7.67. The third-order valence-corrected chi connectivity index (χ3v) is 5.56. The van der Waals surface area contributed by atoms with Gasteiger partial charge in [0.15, 0.2) is 17.5 Å². The Morgan fingerprint density at radius 1 is 1.13 bits per heavy atom. The molecule has 7 heteroatoms. The lowest BCUT2D eigenvalue weighted by atomic mass is 10.1. The van der Waals surface area contributed by atoms with E-state index in [4.69, 9.17) is 13.9 Å². The zero-order valence-electron chi connectivity index (χ0n) is 19.2. The number of benzene rings is 1. The van der Waals surface area contributed by atoms with Crippen LogP contribution in [0.1, 0.15) is 57.0 Å². The average molecular weight is 429 g/mol. The van der Waals surface area contributed by atoms with E-state index in [0.29, 0.717) is 13.2 Å². The number of furan rings is 1. The molecule has 2 N–H and O–H groups in total. The maximum atomic E-state index is 5.77. The highest BCUT2D eigenvalue weighted by molar-refractivity contribution is 5.80. The van der Waals surface area contributed by atoms with Crippen LogP contribution in [0.15, 0.2) is 46.0 Å². The molecule has 1 aromatic heterocycles. The number of hydrogen-bond donors (Lipinski definition) is 2. The second-order valence-electron chi connectivity index (χ2n) is 7.67. The topological polar surface area (TPSA) is 71.3 Å². The molecule has 1 fully saturated rings. The third-order valence-electron chi connectivity index (χ3n) is 5.56. The molecular weight excluding hydrogens is 392 g/mol. The largest absolute Gasteiger partial charge is 0.490 e. The van der Waals surface area contributed by atoms with Gasteiger partial charge in [-0.25, -0.2) is 0 Å². The molecule has 31 heavy (non-hydrogen) atoms. The van der Waals surface area contributed by atoms with Crippen molar-refractivity contribution in [2.45, 2.75) is 45.7 Å². The summed E-state index contributed by atoms with van der Waals surface area (Å²) < 4.78 is 17.2. The predicted octanol–water partition coefficient (Wildman–Crippen LogP) is 4.14. The first-order chi connectivity index (χ1) is 15.2. The first-order valence-electron chi connectivity index (χ1n) is 11.3. The van der Waals surface area contributed by atoms with Gasteiger partial charge >= 0.3 is 0 Å². The Morgan fingerprint density at radius 3 is 2.52 bits per heavy atom. The van der Waals surface area contributed by atoms with Crippen molar-refractivity contribution < 1.29 is 13.9 Å². The fourth-order valence-electron chi connectivity index (χ4n) is 3.96. The monoisotopic (exact) mass is 428 g/mol. The fraction of sp³-hybridized carbons (Fsp3) is 0.542. The van der Waals surface area contributed by atoms with Gasteiger partial charge in [-0.3, -0.25) is 9.89 Å². The Kier molecular flexibility index (Phi) is 8.64. The standard InChI is InChI=1S/C24H36N4O3/c1-5-29-22-12-11-19(16-23(22)30-6-2)18(3)27-24(25-4)26-17-20(21-10-9-15-31-21)28-13-7-8-14-28/h9-12,15-16,18,20H,5-8,13-14,17H2,1-4H3,(H2,25,26,27). The number of guanidine groups is 1. The van der Waals surface area contributed by atoms with Crippen LogP contribution >= 0.6 is 0 Å². The highest BCUT2D eigenvalue weighted by Gasteiger charge is 2.25. The minimum atomic E-state index is 0.0509. The quantitative estimate of drug-likeness (QED) is 0.438. The van der Waals surface area contributed by atoms with Gasteiger partial charge in [0.2, 0.25) is 0 Å². The Labute approximate surface area is 185 Å². The van der Waals surface area contributed by atoms with Crippen LogP contribution in [-0.2, 0) is 0 Å². The number of nitrogens with zero attached hydrogens (tertiary/aromatic N) is 2. The van der Waals surface area contributed by atoms with Gasteiger partial charge in [-0.2, -0.15) is 0 Å². The van der Waals surface area contributed by atoms with Crippen LogP contribution in [0.3, 0.4) is 0 Å². The van der Waals surface area contributed by atoms with Crippen LogP contribution in [0.25, 0.3) is 0 Å². The van der Waals surface area contributed by atoms with Crippen molar-refractivity contribution in [2.75, 3.05) is 39.9 Å². The average Bonchev–Trinajstić information content (AvgIpc) is 3.49. The van der Waals surface area contributed by atoms with E-state index in [-0.39, 0.29) is 12.1 Å². The van der Waals surface area contributed by atoms with Gasteiger partial charge in [0.1, 0.15) is 5.76 Å². The summed E-state index contributed by atoms with van der Waals surface area (Å²) in [6.07, 6.45) is 4.22. The molecule has 0 spiro atoms. The van der Waals surface area contributed by atoms with E-state index in [1.165, 1.54) is 12.8 Å². The first kappa shape index (κ1) is 23.0. The van der Waals surface area contributed by atoms with Gasteiger partial charge in [-0.05, 0) is 76.5 Å². The summed E-state index contributed by atoms with van der Waals surface area (Å²) in [4.78, 5) is 6.90. The van der Waals surface area contributed by atoms with Crippen LogP contribution in [0, 0.1) is 0 Å². The molecule has 1 aliphatic rings. The minimum Gasteiger partial charge on any atom is -0.490 e. The molecule has 0 bridgehead atoms. The number of nitrogens with one attached hydrogen (secondary N) is 2.